The summed E-state index contributed by atoms with van der Waals surface area (Å²) in [6, 6.07) is 11.0. The molecule has 1 heterocycles. The van der Waals surface area contributed by atoms with E-state index in [1.54, 1.807) is 0 Å². The molecule has 1 fully saturated rings. The van der Waals surface area contributed by atoms with Crippen LogP contribution in [0.15, 0.2) is 41.2 Å². The molecule has 3 rings (SSSR count). The Bertz CT molecular complexity index is 801. The summed E-state index contributed by atoms with van der Waals surface area (Å²) in [5, 5.41) is 20.1. The molecule has 2 aromatic rings. The van der Waals surface area contributed by atoms with Crippen LogP contribution < -0.4 is 10.4 Å². The van der Waals surface area contributed by atoms with Crippen LogP contribution in [0.4, 0.5) is 0 Å². The molecular formula is C23H34N2O4. The van der Waals surface area contributed by atoms with Crippen LogP contribution in [-0.2, 0) is 0 Å². The summed E-state index contributed by atoms with van der Waals surface area (Å²) in [4.78, 5) is 20.2. The normalized spacial score (nSPS) is 16.4. The lowest BCUT2D eigenvalue weighted by Gasteiger charge is -2.30. The molecule has 0 bridgehead atoms. The molecule has 0 radical (unpaired) electrons. The molecule has 1 atom stereocenters. The van der Waals surface area contributed by atoms with Gasteiger partial charge in [-0.05, 0) is 50.3 Å². The molecule has 1 aromatic heterocycles. The first kappa shape index (κ1) is 21.8. The smallest absolute Gasteiger partial charge is 0.283 e. The summed E-state index contributed by atoms with van der Waals surface area (Å²) in [5.41, 5.74) is 0.624. The summed E-state index contributed by atoms with van der Waals surface area (Å²) in [7, 11) is 0. The van der Waals surface area contributed by atoms with Gasteiger partial charge >= 0.3 is 0 Å². The van der Waals surface area contributed by atoms with E-state index >= 15 is 0 Å². The quantitative estimate of drug-likeness (QED) is 0.565. The third kappa shape index (κ3) is 6.56. The van der Waals surface area contributed by atoms with E-state index in [-0.39, 0.29) is 12.2 Å². The number of rotatable bonds is 11. The molecule has 0 saturated heterocycles. The minimum atomic E-state index is -0.691. The molecule has 1 aliphatic rings. The number of para-hydroxylation sites is 1. The summed E-state index contributed by atoms with van der Waals surface area (Å²) >= 11 is 0. The number of benzene rings is 1. The maximum Gasteiger partial charge on any atom is 0.283 e. The van der Waals surface area contributed by atoms with Crippen LogP contribution in [0, 0.1) is 5.92 Å². The molecule has 1 aliphatic carbocycles. The van der Waals surface area contributed by atoms with Crippen molar-refractivity contribution < 1.29 is 15.1 Å². The van der Waals surface area contributed by atoms with E-state index in [1.807, 2.05) is 30.3 Å². The number of hydrogen-bond donors (Lipinski definition) is 2. The molecule has 0 aliphatic heterocycles. The van der Waals surface area contributed by atoms with E-state index in [2.05, 4.69) is 4.90 Å². The fourth-order valence-electron chi connectivity index (χ4n) is 4.24. The highest BCUT2D eigenvalue weighted by molar-refractivity contribution is 5.78. The molecule has 1 saturated carbocycles. The van der Waals surface area contributed by atoms with Gasteiger partial charge in [-0.15, -0.1) is 4.73 Å². The minimum Gasteiger partial charge on any atom is -0.410 e. The van der Waals surface area contributed by atoms with Crippen molar-refractivity contribution in [1.29, 1.82) is 0 Å². The molecule has 2 N–H and O–H groups in total. The Morgan fingerprint density at radius 2 is 1.90 bits per heavy atom. The fraction of sp³-hybridized carbons (Fsp3) is 0.609. The molecule has 160 valence electrons. The topological polar surface area (TPSA) is 74.9 Å². The lowest BCUT2D eigenvalue weighted by Crippen LogP contribution is -2.38. The van der Waals surface area contributed by atoms with E-state index < -0.39 is 6.10 Å². The zero-order chi connectivity index (χ0) is 20.5. The van der Waals surface area contributed by atoms with Crippen LogP contribution in [-0.4, -0.2) is 58.8 Å². The van der Waals surface area contributed by atoms with E-state index in [0.29, 0.717) is 19.1 Å². The Labute approximate surface area is 172 Å². The number of aliphatic hydroxyl groups excluding tert-OH is 2. The SMILES string of the molecule is O=c1ccc2ccccc2n1OCCCCN(CC(O)CO)CC1CCCCC1. The first-order valence-electron chi connectivity index (χ1n) is 10.9. The van der Waals surface area contributed by atoms with Gasteiger partial charge in [0.15, 0.2) is 0 Å². The van der Waals surface area contributed by atoms with Gasteiger partial charge in [0, 0.05) is 24.5 Å². The van der Waals surface area contributed by atoms with Crippen LogP contribution in [0.3, 0.4) is 0 Å². The van der Waals surface area contributed by atoms with Gasteiger partial charge in [-0.3, -0.25) is 4.79 Å². The van der Waals surface area contributed by atoms with Crippen molar-refractivity contribution in [3.8, 4) is 0 Å². The lowest BCUT2D eigenvalue weighted by atomic mass is 9.89. The zero-order valence-electron chi connectivity index (χ0n) is 17.2. The van der Waals surface area contributed by atoms with Crippen LogP contribution in [0.1, 0.15) is 44.9 Å². The van der Waals surface area contributed by atoms with E-state index in [4.69, 9.17) is 4.84 Å². The number of nitrogens with zero attached hydrogens (tertiary/aromatic N) is 2. The Morgan fingerprint density at radius 1 is 1.10 bits per heavy atom. The Hall–Kier alpha value is -1.89. The average Bonchev–Trinajstić information content (AvgIpc) is 2.75. The molecule has 1 aromatic carbocycles. The van der Waals surface area contributed by atoms with Crippen LogP contribution in [0.2, 0.25) is 0 Å². The van der Waals surface area contributed by atoms with Gasteiger partial charge in [-0.25, -0.2) is 0 Å². The molecule has 6 nitrogen and oxygen atoms in total. The monoisotopic (exact) mass is 402 g/mol. The number of fused-ring (bicyclic) bond motifs is 1. The average molecular weight is 403 g/mol. The van der Waals surface area contributed by atoms with Crippen molar-refractivity contribution >= 4 is 10.9 Å². The third-order valence-corrected chi connectivity index (χ3v) is 5.77. The Morgan fingerprint density at radius 3 is 2.69 bits per heavy atom. The zero-order valence-corrected chi connectivity index (χ0v) is 17.2. The number of pyridine rings is 1. The van der Waals surface area contributed by atoms with Gasteiger partial charge in [-0.1, -0.05) is 37.5 Å². The van der Waals surface area contributed by atoms with E-state index in [1.165, 1.54) is 42.9 Å². The second-order valence-electron chi connectivity index (χ2n) is 8.17. The number of aromatic nitrogens is 1. The van der Waals surface area contributed by atoms with Gasteiger partial charge in [0.05, 0.1) is 18.2 Å². The van der Waals surface area contributed by atoms with Gasteiger partial charge in [0.2, 0.25) is 0 Å². The van der Waals surface area contributed by atoms with Crippen molar-refractivity contribution in [2.45, 2.75) is 51.0 Å². The molecule has 0 spiro atoms. The molecule has 1 unspecified atom stereocenters. The van der Waals surface area contributed by atoms with Crippen molar-refractivity contribution in [2.24, 2.45) is 5.92 Å². The van der Waals surface area contributed by atoms with Gasteiger partial charge in [0.25, 0.3) is 5.56 Å². The Balaban J connectivity index is 1.48. The number of hydrogen-bond acceptors (Lipinski definition) is 5. The summed E-state index contributed by atoms with van der Waals surface area (Å²) < 4.78 is 1.38. The maximum atomic E-state index is 12.2. The van der Waals surface area contributed by atoms with E-state index in [0.717, 1.165) is 36.8 Å². The molecule has 0 amide bonds. The van der Waals surface area contributed by atoms with Crippen LogP contribution >= 0.6 is 0 Å². The number of unbranched alkanes of at least 4 members (excludes halogenated alkanes) is 1. The summed E-state index contributed by atoms with van der Waals surface area (Å²) in [5.74, 6) is 0.695. The Kier molecular flexibility index (Phi) is 8.52. The second-order valence-corrected chi connectivity index (χ2v) is 8.17. The predicted octanol–water partition coefficient (Wildman–Crippen LogP) is 2.45. The van der Waals surface area contributed by atoms with Crippen molar-refractivity contribution in [3.63, 3.8) is 0 Å². The van der Waals surface area contributed by atoms with Gasteiger partial charge in [-0.2, -0.15) is 0 Å². The van der Waals surface area contributed by atoms with Crippen molar-refractivity contribution in [2.75, 3.05) is 32.8 Å². The van der Waals surface area contributed by atoms with Crippen molar-refractivity contribution in [1.82, 2.24) is 9.63 Å². The highest BCUT2D eigenvalue weighted by atomic mass is 16.7. The largest absolute Gasteiger partial charge is 0.410 e. The van der Waals surface area contributed by atoms with Gasteiger partial charge < -0.3 is 20.0 Å². The second kappa shape index (κ2) is 11.3. The maximum absolute atomic E-state index is 12.2. The number of aliphatic hydroxyl groups is 2. The summed E-state index contributed by atoms with van der Waals surface area (Å²) in [6.07, 6.45) is 7.52. The highest BCUT2D eigenvalue weighted by Gasteiger charge is 2.19. The third-order valence-electron chi connectivity index (χ3n) is 5.77. The highest BCUT2D eigenvalue weighted by Crippen LogP contribution is 2.24. The summed E-state index contributed by atoms with van der Waals surface area (Å²) in [6.45, 7) is 2.63. The molecule has 29 heavy (non-hydrogen) atoms. The van der Waals surface area contributed by atoms with Crippen LogP contribution in [0.5, 0.6) is 0 Å². The van der Waals surface area contributed by atoms with Crippen molar-refractivity contribution in [3.05, 3.63) is 46.8 Å². The first-order chi connectivity index (χ1) is 14.2. The van der Waals surface area contributed by atoms with E-state index in [9.17, 15) is 15.0 Å². The van der Waals surface area contributed by atoms with Crippen LogP contribution in [0.25, 0.3) is 10.9 Å². The predicted molar refractivity (Wildman–Crippen MR) is 115 cm³/mol. The lowest BCUT2D eigenvalue weighted by molar-refractivity contribution is 0.0493. The fourth-order valence-corrected chi connectivity index (χ4v) is 4.24. The van der Waals surface area contributed by atoms with Gasteiger partial charge in [0.1, 0.15) is 6.61 Å². The molecule has 6 heteroatoms. The standard InChI is InChI=1S/C23H34N2O4/c26-18-21(27)17-24(16-19-8-2-1-3-9-19)14-6-7-15-29-25-22-11-5-4-10-20(22)12-13-23(25)28/h4-5,10-13,19,21,26-27H,1-3,6-9,14-18H2. The first-order valence-corrected chi connectivity index (χ1v) is 10.9. The minimum absolute atomic E-state index is 0.159. The molecular weight excluding hydrogens is 368 g/mol.